The molecule has 1 aromatic heterocycles. The zero-order chi connectivity index (χ0) is 25.5. The quantitative estimate of drug-likeness (QED) is 0.220. The Morgan fingerprint density at radius 3 is 2.17 bits per heavy atom. The second-order valence-electron chi connectivity index (χ2n) is 8.16. The van der Waals surface area contributed by atoms with E-state index >= 15 is 0 Å². The van der Waals surface area contributed by atoms with Crippen LogP contribution in [0.1, 0.15) is 17.5 Å². The van der Waals surface area contributed by atoms with Gasteiger partial charge in [0.15, 0.2) is 0 Å². The van der Waals surface area contributed by atoms with E-state index in [1.807, 2.05) is 24.3 Å². The Morgan fingerprint density at radius 2 is 1.49 bits per heavy atom. The number of hydrogen-bond acceptors (Lipinski definition) is 5. The van der Waals surface area contributed by atoms with Crippen LogP contribution in [-0.2, 0) is 32.0 Å². The zero-order valence-corrected chi connectivity index (χ0v) is 18.8. The lowest BCUT2D eigenvalue weighted by atomic mass is 10.0. The first-order chi connectivity index (χ1) is 16.7. The number of H-pyrrole nitrogens is 1. The van der Waals surface area contributed by atoms with Crippen LogP contribution >= 0.6 is 0 Å². The van der Waals surface area contributed by atoms with E-state index in [9.17, 15) is 23.6 Å². The predicted molar refractivity (Wildman–Crippen MR) is 127 cm³/mol. The Labute approximate surface area is 200 Å². The van der Waals surface area contributed by atoms with Crippen LogP contribution in [0.5, 0.6) is 0 Å². The summed E-state index contributed by atoms with van der Waals surface area (Å²) in [6.45, 7) is 0. The van der Waals surface area contributed by atoms with Gasteiger partial charge in [-0.3, -0.25) is 19.2 Å². The Balaban J connectivity index is 1.83. The third kappa shape index (κ3) is 6.64. The van der Waals surface area contributed by atoms with Crippen molar-refractivity contribution in [2.45, 2.75) is 37.4 Å². The molecule has 0 aliphatic carbocycles. The van der Waals surface area contributed by atoms with Crippen molar-refractivity contribution in [1.82, 2.24) is 15.6 Å². The first-order valence-corrected chi connectivity index (χ1v) is 10.9. The highest BCUT2D eigenvalue weighted by atomic mass is 19.1. The number of nitrogens with one attached hydrogen (secondary N) is 3. The molecule has 9 N–H and O–H groups in total. The molecule has 3 aromatic rings. The van der Waals surface area contributed by atoms with Crippen molar-refractivity contribution < 1.29 is 23.6 Å². The van der Waals surface area contributed by atoms with Crippen molar-refractivity contribution in [2.75, 3.05) is 0 Å². The first-order valence-electron chi connectivity index (χ1n) is 10.9. The molecule has 0 bridgehead atoms. The average Bonchev–Trinajstić information content (AvgIpc) is 3.21. The number of hydrogen-bond donors (Lipinski definition) is 6. The van der Waals surface area contributed by atoms with E-state index in [4.69, 9.17) is 17.2 Å². The second-order valence-corrected chi connectivity index (χ2v) is 8.16. The number of nitrogens with two attached hydrogens (primary N) is 3. The van der Waals surface area contributed by atoms with Gasteiger partial charge in [0.25, 0.3) is 0 Å². The van der Waals surface area contributed by atoms with Gasteiger partial charge in [-0.05, 0) is 23.3 Å². The first kappa shape index (κ1) is 25.4. The summed E-state index contributed by atoms with van der Waals surface area (Å²) in [4.78, 5) is 52.1. The lowest BCUT2D eigenvalue weighted by molar-refractivity contribution is -0.132. The van der Waals surface area contributed by atoms with E-state index in [-0.39, 0.29) is 18.4 Å². The molecule has 0 aliphatic rings. The fraction of sp³-hybridized carbons (Fsp3) is 0.250. The number of aromatic amines is 1. The molecule has 1 heterocycles. The van der Waals surface area contributed by atoms with Gasteiger partial charge in [-0.2, -0.15) is 0 Å². The van der Waals surface area contributed by atoms with Gasteiger partial charge in [-0.15, -0.1) is 0 Å². The van der Waals surface area contributed by atoms with E-state index in [0.29, 0.717) is 5.56 Å². The number of benzene rings is 2. The number of para-hydroxylation sites is 1. The fourth-order valence-electron chi connectivity index (χ4n) is 3.70. The highest BCUT2D eigenvalue weighted by molar-refractivity contribution is 5.94. The smallest absolute Gasteiger partial charge is 0.243 e. The SMILES string of the molecule is NC(=O)C[C@H](N)C(=O)N[C@H](Cc1c[nH]c2ccccc12)C(=O)N[C@@H](Cc1ccccc1F)C(N)=O. The van der Waals surface area contributed by atoms with Crippen LogP contribution in [0.15, 0.2) is 54.7 Å². The number of halogens is 1. The number of carbonyl (C=O) groups excluding carboxylic acids is 4. The largest absolute Gasteiger partial charge is 0.370 e. The monoisotopic (exact) mass is 482 g/mol. The van der Waals surface area contributed by atoms with Crippen molar-refractivity contribution >= 4 is 34.5 Å². The summed E-state index contributed by atoms with van der Waals surface area (Å²) in [5.74, 6) is -3.69. The maximum atomic E-state index is 14.1. The molecule has 3 atom stereocenters. The molecule has 0 saturated carbocycles. The molecule has 4 amide bonds. The Morgan fingerprint density at radius 1 is 0.857 bits per heavy atom. The minimum atomic E-state index is -1.27. The fourth-order valence-corrected chi connectivity index (χ4v) is 3.70. The minimum absolute atomic E-state index is 0.0378. The second kappa shape index (κ2) is 11.3. The standard InChI is InChI=1S/C24H27FN6O4/c25-16-7-3-1-5-13(16)9-19(22(28)33)30-24(35)20(31-23(34)17(26)11-21(27)32)10-14-12-29-18-8-4-2-6-15(14)18/h1-8,12,17,19-20,29H,9-11,26H2,(H2,27,32)(H2,28,33)(H,30,35)(H,31,34)/t17-,19-,20+/m0/s1. The molecule has 0 fully saturated rings. The molecular formula is C24H27FN6O4. The number of aromatic nitrogens is 1. The van der Waals surface area contributed by atoms with Crippen molar-refractivity contribution in [3.63, 3.8) is 0 Å². The van der Waals surface area contributed by atoms with E-state index in [2.05, 4.69) is 15.6 Å². The summed E-state index contributed by atoms with van der Waals surface area (Å²) < 4.78 is 14.1. The third-order valence-corrected chi connectivity index (χ3v) is 5.53. The summed E-state index contributed by atoms with van der Waals surface area (Å²) in [5, 5.41) is 5.85. The molecule has 184 valence electrons. The lowest BCUT2D eigenvalue weighted by Crippen LogP contribution is -2.56. The third-order valence-electron chi connectivity index (χ3n) is 5.53. The molecule has 10 nitrogen and oxygen atoms in total. The van der Waals surface area contributed by atoms with Gasteiger partial charge < -0.3 is 32.8 Å². The minimum Gasteiger partial charge on any atom is -0.370 e. The number of amides is 4. The molecule has 35 heavy (non-hydrogen) atoms. The molecule has 0 radical (unpaired) electrons. The van der Waals surface area contributed by atoms with Crippen LogP contribution < -0.4 is 27.8 Å². The summed E-state index contributed by atoms with van der Waals surface area (Å²) in [6.07, 6.45) is 1.15. The molecular weight excluding hydrogens is 455 g/mol. The van der Waals surface area contributed by atoms with E-state index in [1.165, 1.54) is 18.2 Å². The normalized spacial score (nSPS) is 13.5. The Bertz CT molecular complexity index is 1240. The Kier molecular flexibility index (Phi) is 8.16. The number of primary amides is 2. The topological polar surface area (TPSA) is 186 Å². The molecule has 0 saturated heterocycles. The summed E-state index contributed by atoms with van der Waals surface area (Å²) in [7, 11) is 0. The van der Waals surface area contributed by atoms with Gasteiger partial charge >= 0.3 is 0 Å². The van der Waals surface area contributed by atoms with Crippen molar-refractivity contribution in [2.24, 2.45) is 17.2 Å². The van der Waals surface area contributed by atoms with Gasteiger partial charge in [0, 0.05) is 29.9 Å². The van der Waals surface area contributed by atoms with Gasteiger partial charge in [0.2, 0.25) is 23.6 Å². The summed E-state index contributed by atoms with van der Waals surface area (Å²) in [5.41, 5.74) is 18.0. The predicted octanol–water partition coefficient (Wildman–Crippen LogP) is -0.250. The maximum Gasteiger partial charge on any atom is 0.243 e. The van der Waals surface area contributed by atoms with Crippen LogP contribution in [0, 0.1) is 5.82 Å². The van der Waals surface area contributed by atoms with Crippen LogP contribution in [0.4, 0.5) is 4.39 Å². The van der Waals surface area contributed by atoms with Crippen molar-refractivity contribution in [3.8, 4) is 0 Å². The number of fused-ring (bicyclic) bond motifs is 1. The maximum absolute atomic E-state index is 14.1. The van der Waals surface area contributed by atoms with Gasteiger partial charge in [0.1, 0.15) is 17.9 Å². The average molecular weight is 483 g/mol. The van der Waals surface area contributed by atoms with Crippen LogP contribution in [0.3, 0.4) is 0 Å². The van der Waals surface area contributed by atoms with Crippen LogP contribution in [0.25, 0.3) is 10.9 Å². The van der Waals surface area contributed by atoms with Gasteiger partial charge in [-0.1, -0.05) is 36.4 Å². The van der Waals surface area contributed by atoms with Crippen LogP contribution in [0.2, 0.25) is 0 Å². The summed E-state index contributed by atoms with van der Waals surface area (Å²) >= 11 is 0. The highest BCUT2D eigenvalue weighted by Gasteiger charge is 2.29. The molecule has 3 rings (SSSR count). The van der Waals surface area contributed by atoms with E-state index in [1.54, 1.807) is 12.3 Å². The molecule has 0 spiro atoms. The van der Waals surface area contributed by atoms with Crippen molar-refractivity contribution in [3.05, 3.63) is 71.7 Å². The molecule has 2 aromatic carbocycles. The van der Waals surface area contributed by atoms with E-state index < -0.39 is 54.0 Å². The van der Waals surface area contributed by atoms with Gasteiger partial charge in [0.05, 0.1) is 12.5 Å². The summed E-state index contributed by atoms with van der Waals surface area (Å²) in [6, 6.07) is 9.50. The highest BCUT2D eigenvalue weighted by Crippen LogP contribution is 2.19. The number of carbonyl (C=O) groups is 4. The molecule has 0 aliphatic heterocycles. The molecule has 11 heteroatoms. The van der Waals surface area contributed by atoms with E-state index in [0.717, 1.165) is 10.9 Å². The van der Waals surface area contributed by atoms with Crippen LogP contribution in [-0.4, -0.2) is 46.7 Å². The Hall–Kier alpha value is -4.25. The molecule has 0 unspecified atom stereocenters. The zero-order valence-electron chi connectivity index (χ0n) is 18.8. The van der Waals surface area contributed by atoms with Crippen molar-refractivity contribution in [1.29, 1.82) is 0 Å². The van der Waals surface area contributed by atoms with Gasteiger partial charge in [-0.25, -0.2) is 4.39 Å². The number of rotatable bonds is 11. The lowest BCUT2D eigenvalue weighted by Gasteiger charge is -2.23.